The van der Waals surface area contributed by atoms with Crippen molar-refractivity contribution in [1.29, 1.82) is 0 Å². The summed E-state index contributed by atoms with van der Waals surface area (Å²) in [7, 11) is -10.7. The molecule has 34 heavy (non-hydrogen) atoms. The van der Waals surface area contributed by atoms with Crippen molar-refractivity contribution in [2.24, 2.45) is 0 Å². The summed E-state index contributed by atoms with van der Waals surface area (Å²) in [6, 6.07) is 1.21. The first-order chi connectivity index (χ1) is 15.7. The second-order valence-electron chi connectivity index (χ2n) is 7.01. The number of nitrogens with zero attached hydrogens (tertiary/aromatic N) is 2. The molecule has 9 atom stereocenters. The van der Waals surface area contributed by atoms with E-state index in [1.165, 1.54) is 6.07 Å². The lowest BCUT2D eigenvalue weighted by atomic mass is 10.1. The van der Waals surface area contributed by atoms with E-state index in [1.807, 2.05) is 0 Å². The van der Waals surface area contributed by atoms with Crippen LogP contribution >= 0.6 is 15.6 Å². The second kappa shape index (κ2) is 11.6. The number of phosphoric ester groups is 2. The lowest BCUT2D eigenvalue weighted by molar-refractivity contribution is -0.0891. The number of phosphoric acid groups is 2. The smallest absolute Gasteiger partial charge is 0.394 e. The highest BCUT2D eigenvalue weighted by Gasteiger charge is 2.46. The van der Waals surface area contributed by atoms with Crippen molar-refractivity contribution in [3.63, 3.8) is 0 Å². The molecule has 0 bridgehead atoms. The zero-order valence-electron chi connectivity index (χ0n) is 17.1. The fourth-order valence-corrected chi connectivity index (χ4v) is 4.79. The van der Waals surface area contributed by atoms with Crippen molar-refractivity contribution in [3.05, 3.63) is 22.7 Å². The molecule has 1 aromatic heterocycles. The number of nitrogen functional groups attached to an aromatic ring is 1. The average Bonchev–Trinajstić information content (AvgIpc) is 3.03. The zero-order valence-corrected chi connectivity index (χ0v) is 18.9. The van der Waals surface area contributed by atoms with Crippen molar-refractivity contribution >= 4 is 21.5 Å². The third-order valence-electron chi connectivity index (χ3n) is 4.46. The van der Waals surface area contributed by atoms with E-state index < -0.39 is 84.0 Å². The Hall–Kier alpha value is -1.34. The summed E-state index contributed by atoms with van der Waals surface area (Å²) in [5.41, 5.74) is 4.44. The van der Waals surface area contributed by atoms with Crippen molar-refractivity contribution in [2.75, 3.05) is 25.6 Å². The number of hydrogen-bond donors (Lipinski definition) is 9. The maximum Gasteiger partial charge on any atom is 0.481 e. The summed E-state index contributed by atoms with van der Waals surface area (Å²) in [5, 5.41) is 57.0. The van der Waals surface area contributed by atoms with E-state index in [0.29, 0.717) is 0 Å². The van der Waals surface area contributed by atoms with E-state index in [0.717, 1.165) is 10.8 Å². The molecule has 1 saturated heterocycles. The molecule has 0 aromatic carbocycles. The first kappa shape index (κ1) is 28.9. The summed E-state index contributed by atoms with van der Waals surface area (Å²) < 4.78 is 42.6. The van der Waals surface area contributed by atoms with Gasteiger partial charge in [-0.2, -0.15) is 9.29 Å². The van der Waals surface area contributed by atoms with Gasteiger partial charge in [0.1, 0.15) is 42.4 Å². The van der Waals surface area contributed by atoms with Crippen LogP contribution in [-0.2, 0) is 27.2 Å². The molecule has 20 heteroatoms. The van der Waals surface area contributed by atoms with Gasteiger partial charge < -0.3 is 50.9 Å². The quantitative estimate of drug-likeness (QED) is 0.114. The number of anilines is 1. The number of ether oxygens (including phenoxy) is 1. The van der Waals surface area contributed by atoms with E-state index in [4.69, 9.17) is 15.6 Å². The molecule has 5 unspecified atom stereocenters. The number of nitrogens with two attached hydrogens (primary N) is 1. The minimum atomic E-state index is -5.38. The Morgan fingerprint density at radius 1 is 1.12 bits per heavy atom. The Balaban J connectivity index is 1.94. The van der Waals surface area contributed by atoms with Gasteiger partial charge >= 0.3 is 21.3 Å². The number of aliphatic hydroxyl groups excluding tert-OH is 6. The number of aromatic nitrogens is 2. The van der Waals surface area contributed by atoms with Gasteiger partial charge in [0.2, 0.25) is 0 Å². The van der Waals surface area contributed by atoms with Gasteiger partial charge in [-0.3, -0.25) is 13.6 Å². The van der Waals surface area contributed by atoms with Crippen LogP contribution in [0.5, 0.6) is 0 Å². The van der Waals surface area contributed by atoms with Crippen LogP contribution in [0, 0.1) is 0 Å². The maximum atomic E-state index is 12.0. The van der Waals surface area contributed by atoms with Crippen molar-refractivity contribution in [2.45, 2.75) is 42.9 Å². The normalized spacial score (nSPS) is 29.2. The van der Waals surface area contributed by atoms with Gasteiger partial charge in [-0.1, -0.05) is 0 Å². The molecular formula is C14H25N3O15P2. The summed E-state index contributed by atoms with van der Waals surface area (Å²) in [6.45, 7) is -3.07. The molecule has 0 saturated carbocycles. The Kier molecular flexibility index (Phi) is 9.85. The van der Waals surface area contributed by atoms with E-state index in [1.54, 1.807) is 0 Å². The molecular weight excluding hydrogens is 512 g/mol. The SMILES string of the molecule is Nc1ccn([C@@H]2O[C@H](COP(=O)(O)OP(=O)(O)OCC(O)C(O)C(O)CO)[C@@H](O)[C@H]2O)c(=O)n1. The molecule has 1 aliphatic heterocycles. The molecule has 0 aliphatic carbocycles. The number of aliphatic hydroxyl groups is 6. The Labute approximate surface area is 190 Å². The lowest BCUT2D eigenvalue weighted by Crippen LogP contribution is -2.41. The molecule has 10 N–H and O–H groups in total. The summed E-state index contributed by atoms with van der Waals surface area (Å²) >= 11 is 0. The molecule has 196 valence electrons. The van der Waals surface area contributed by atoms with Crippen LogP contribution in [-0.4, -0.2) is 106 Å². The van der Waals surface area contributed by atoms with Crippen LogP contribution in [0.2, 0.25) is 0 Å². The highest BCUT2D eigenvalue weighted by atomic mass is 31.3. The van der Waals surface area contributed by atoms with Crippen LogP contribution in [0.25, 0.3) is 0 Å². The molecule has 0 radical (unpaired) electrons. The van der Waals surface area contributed by atoms with Crippen LogP contribution < -0.4 is 11.4 Å². The Bertz CT molecular complexity index is 978. The number of rotatable bonds is 12. The van der Waals surface area contributed by atoms with Gasteiger partial charge in [-0.25, -0.2) is 13.9 Å². The van der Waals surface area contributed by atoms with Gasteiger partial charge in [-0.05, 0) is 6.07 Å². The van der Waals surface area contributed by atoms with Crippen molar-refractivity contribution in [3.8, 4) is 0 Å². The first-order valence-corrected chi connectivity index (χ1v) is 12.3. The van der Waals surface area contributed by atoms with Gasteiger partial charge in [-0.15, -0.1) is 0 Å². The molecule has 1 fully saturated rings. The molecule has 0 amide bonds. The zero-order chi connectivity index (χ0) is 25.8. The summed E-state index contributed by atoms with van der Waals surface area (Å²) in [6.07, 6.45) is -11.1. The van der Waals surface area contributed by atoms with E-state index in [-0.39, 0.29) is 5.82 Å². The van der Waals surface area contributed by atoms with Gasteiger partial charge in [0.25, 0.3) is 0 Å². The van der Waals surface area contributed by atoms with E-state index in [9.17, 15) is 49.2 Å². The largest absolute Gasteiger partial charge is 0.481 e. The Morgan fingerprint density at radius 2 is 1.74 bits per heavy atom. The fourth-order valence-electron chi connectivity index (χ4n) is 2.69. The van der Waals surface area contributed by atoms with Gasteiger partial charge in [0.15, 0.2) is 6.23 Å². The van der Waals surface area contributed by atoms with Gasteiger partial charge in [0.05, 0.1) is 19.8 Å². The highest BCUT2D eigenvalue weighted by molar-refractivity contribution is 7.61. The van der Waals surface area contributed by atoms with Crippen LogP contribution in [0.15, 0.2) is 17.1 Å². The molecule has 18 nitrogen and oxygen atoms in total. The molecule has 1 aliphatic rings. The van der Waals surface area contributed by atoms with E-state index >= 15 is 0 Å². The predicted molar refractivity (Wildman–Crippen MR) is 107 cm³/mol. The van der Waals surface area contributed by atoms with Gasteiger partial charge in [0, 0.05) is 6.20 Å². The summed E-state index contributed by atoms with van der Waals surface area (Å²) in [5.74, 6) is -0.116. The first-order valence-electron chi connectivity index (χ1n) is 9.34. The van der Waals surface area contributed by atoms with Crippen LogP contribution in [0.3, 0.4) is 0 Å². The van der Waals surface area contributed by atoms with E-state index in [2.05, 4.69) is 18.3 Å². The predicted octanol–water partition coefficient (Wildman–Crippen LogP) is -4.23. The Morgan fingerprint density at radius 3 is 2.32 bits per heavy atom. The van der Waals surface area contributed by atoms with Crippen molar-refractivity contribution in [1.82, 2.24) is 9.55 Å². The fraction of sp³-hybridized carbons (Fsp3) is 0.714. The monoisotopic (exact) mass is 537 g/mol. The second-order valence-corrected chi connectivity index (χ2v) is 10.1. The average molecular weight is 537 g/mol. The molecule has 0 spiro atoms. The maximum absolute atomic E-state index is 12.0. The van der Waals surface area contributed by atoms with Crippen molar-refractivity contribution < 1.29 is 67.7 Å². The minimum absolute atomic E-state index is 0.116. The third kappa shape index (κ3) is 7.58. The molecule has 2 rings (SSSR count). The molecule has 1 aromatic rings. The van der Waals surface area contributed by atoms with Crippen LogP contribution in [0.1, 0.15) is 6.23 Å². The summed E-state index contributed by atoms with van der Waals surface area (Å²) in [4.78, 5) is 34.5. The molecule has 2 heterocycles. The third-order valence-corrected chi connectivity index (χ3v) is 7.06. The number of hydrogen-bond acceptors (Lipinski definition) is 15. The lowest BCUT2D eigenvalue weighted by Gasteiger charge is -2.23. The topological polar surface area (TPSA) is 294 Å². The minimum Gasteiger partial charge on any atom is -0.394 e. The highest BCUT2D eigenvalue weighted by Crippen LogP contribution is 2.60. The van der Waals surface area contributed by atoms with Crippen LogP contribution in [0.4, 0.5) is 5.82 Å². The standard InChI is InChI=1S/C14H25N3O15P2/c15-9-1-2-17(14(24)16-9)13-12(23)11(22)8(31-13)5-30-34(27,28)32-33(25,26)29-4-7(20)10(21)6(19)3-18/h1-2,6-8,10-13,18-23H,3-5H2,(H,25,26)(H,27,28)(H2,15,16,24)/t6?,7?,8-,10?,11-,12-,13-/m1/s1.